The van der Waals surface area contributed by atoms with Crippen molar-refractivity contribution in [2.24, 2.45) is 0 Å². The van der Waals surface area contributed by atoms with Crippen molar-refractivity contribution in [3.8, 4) is 5.75 Å². The number of aromatic hydroxyl groups is 1. The van der Waals surface area contributed by atoms with Gasteiger partial charge >= 0.3 is 5.97 Å². The van der Waals surface area contributed by atoms with Gasteiger partial charge in [-0.1, -0.05) is 24.3 Å². The van der Waals surface area contributed by atoms with Gasteiger partial charge in [0.25, 0.3) is 0 Å². The molecule has 2 aromatic rings. The molecule has 0 fully saturated rings. The van der Waals surface area contributed by atoms with Gasteiger partial charge in [-0.15, -0.1) is 0 Å². The van der Waals surface area contributed by atoms with E-state index in [0.717, 1.165) is 11.1 Å². The largest absolute Gasteiger partial charge is 0.507 e. The van der Waals surface area contributed by atoms with Gasteiger partial charge in [0.15, 0.2) is 6.10 Å². The van der Waals surface area contributed by atoms with Crippen LogP contribution in [-0.4, -0.2) is 11.1 Å². The van der Waals surface area contributed by atoms with Crippen LogP contribution in [0.25, 0.3) is 0 Å². The Kier molecular flexibility index (Phi) is 2.59. The van der Waals surface area contributed by atoms with Gasteiger partial charge in [0.2, 0.25) is 0 Å². The Morgan fingerprint density at radius 3 is 2.72 bits per heavy atom. The Morgan fingerprint density at radius 1 is 1.17 bits per heavy atom. The molecule has 1 heterocycles. The number of ether oxygens (including phenoxy) is 1. The van der Waals surface area contributed by atoms with Gasteiger partial charge in [-0.3, -0.25) is 0 Å². The molecule has 90 valence electrons. The summed E-state index contributed by atoms with van der Waals surface area (Å²) in [5.41, 5.74) is 2.30. The molecule has 1 atom stereocenters. The highest BCUT2D eigenvalue weighted by atomic mass is 79.9. The summed E-state index contributed by atoms with van der Waals surface area (Å²) in [6.07, 6.45) is -0.398. The topological polar surface area (TPSA) is 46.5 Å². The molecule has 3 nitrogen and oxygen atoms in total. The van der Waals surface area contributed by atoms with Crippen molar-refractivity contribution in [2.75, 3.05) is 0 Å². The number of benzene rings is 2. The van der Waals surface area contributed by atoms with Crippen molar-refractivity contribution in [1.29, 1.82) is 0 Å². The van der Waals surface area contributed by atoms with Crippen molar-refractivity contribution in [3.63, 3.8) is 0 Å². The van der Waals surface area contributed by atoms with Crippen LogP contribution in [0.2, 0.25) is 0 Å². The number of rotatable bonds is 1. The number of carbonyl (C=O) groups is 1. The van der Waals surface area contributed by atoms with Crippen molar-refractivity contribution < 1.29 is 14.6 Å². The lowest BCUT2D eigenvalue weighted by Crippen LogP contribution is -2.00. The molecule has 0 radical (unpaired) electrons. The van der Waals surface area contributed by atoms with E-state index in [0.29, 0.717) is 10.0 Å². The highest BCUT2D eigenvalue weighted by Crippen LogP contribution is 2.37. The second-order valence-corrected chi connectivity index (χ2v) is 4.94. The molecule has 0 bridgehead atoms. The van der Waals surface area contributed by atoms with Gasteiger partial charge in [-0.2, -0.15) is 0 Å². The molecule has 0 spiro atoms. The minimum absolute atomic E-state index is 0.163. The van der Waals surface area contributed by atoms with Crippen LogP contribution < -0.4 is 0 Å². The molecule has 3 rings (SSSR count). The van der Waals surface area contributed by atoms with Crippen molar-refractivity contribution >= 4 is 21.9 Å². The van der Waals surface area contributed by atoms with E-state index in [4.69, 9.17) is 4.74 Å². The van der Waals surface area contributed by atoms with Crippen LogP contribution >= 0.6 is 15.9 Å². The number of hydrogen-bond donors (Lipinski definition) is 1. The number of fused-ring (bicyclic) bond motifs is 1. The number of cyclic esters (lactones) is 1. The lowest BCUT2D eigenvalue weighted by molar-refractivity contribution is 0.0456. The number of carbonyl (C=O) groups excluding carboxylic acids is 1. The average molecular weight is 305 g/mol. The van der Waals surface area contributed by atoms with Crippen LogP contribution in [0, 0.1) is 0 Å². The van der Waals surface area contributed by atoms with E-state index in [1.54, 1.807) is 24.3 Å². The maximum Gasteiger partial charge on any atom is 0.339 e. The number of hydrogen-bond acceptors (Lipinski definition) is 3. The van der Waals surface area contributed by atoms with Crippen LogP contribution in [0.5, 0.6) is 5.75 Å². The van der Waals surface area contributed by atoms with Crippen LogP contribution in [0.3, 0.4) is 0 Å². The van der Waals surface area contributed by atoms with Gasteiger partial charge in [0.1, 0.15) is 5.75 Å². The molecule has 1 N–H and O–H groups in total. The van der Waals surface area contributed by atoms with E-state index in [-0.39, 0.29) is 11.7 Å². The van der Waals surface area contributed by atoms with Gasteiger partial charge in [0, 0.05) is 5.56 Å². The van der Waals surface area contributed by atoms with E-state index in [1.165, 1.54) is 0 Å². The first-order valence-corrected chi connectivity index (χ1v) is 6.24. The molecule has 1 aliphatic heterocycles. The molecule has 2 aromatic carbocycles. The molecule has 0 aliphatic carbocycles. The summed E-state index contributed by atoms with van der Waals surface area (Å²) < 4.78 is 5.96. The summed E-state index contributed by atoms with van der Waals surface area (Å²) in [7, 11) is 0. The molecule has 4 heteroatoms. The number of esters is 1. The molecule has 0 aromatic heterocycles. The quantitative estimate of drug-likeness (QED) is 0.821. The van der Waals surface area contributed by atoms with Crippen LogP contribution in [0.1, 0.15) is 27.6 Å². The highest BCUT2D eigenvalue weighted by molar-refractivity contribution is 9.10. The summed E-state index contributed by atoms with van der Waals surface area (Å²) in [5.74, 6) is -0.142. The smallest absolute Gasteiger partial charge is 0.339 e. The minimum Gasteiger partial charge on any atom is -0.507 e. The van der Waals surface area contributed by atoms with Gasteiger partial charge in [0.05, 0.1) is 10.0 Å². The number of phenolic OH excluding ortho intramolecular Hbond substituents is 1. The van der Waals surface area contributed by atoms with E-state index in [1.807, 2.05) is 18.2 Å². The van der Waals surface area contributed by atoms with Crippen LogP contribution in [0.15, 0.2) is 46.9 Å². The van der Waals surface area contributed by atoms with Gasteiger partial charge < -0.3 is 9.84 Å². The zero-order valence-corrected chi connectivity index (χ0v) is 10.8. The zero-order valence-electron chi connectivity index (χ0n) is 9.26. The number of halogens is 1. The summed E-state index contributed by atoms with van der Waals surface area (Å²) in [5, 5.41) is 9.48. The Morgan fingerprint density at radius 2 is 1.94 bits per heavy atom. The first-order chi connectivity index (χ1) is 8.66. The predicted octanol–water partition coefficient (Wildman–Crippen LogP) is 3.41. The fourth-order valence-electron chi connectivity index (χ4n) is 2.08. The second-order valence-electron chi connectivity index (χ2n) is 4.08. The van der Waals surface area contributed by atoms with E-state index < -0.39 is 6.10 Å². The first kappa shape index (κ1) is 11.3. The summed E-state index contributed by atoms with van der Waals surface area (Å²) in [6.45, 7) is 0. The zero-order chi connectivity index (χ0) is 12.7. The third kappa shape index (κ3) is 1.69. The molecule has 1 aliphatic rings. The Bertz CT molecular complexity index is 637. The Balaban J connectivity index is 2.09. The van der Waals surface area contributed by atoms with Gasteiger partial charge in [-0.05, 0) is 39.7 Å². The normalized spacial score (nSPS) is 17.4. The maximum absolute atomic E-state index is 11.7. The Labute approximate surface area is 112 Å². The third-order valence-corrected chi connectivity index (χ3v) is 3.60. The molecule has 0 amide bonds. The molecule has 1 unspecified atom stereocenters. The third-order valence-electron chi connectivity index (χ3n) is 2.96. The molecular weight excluding hydrogens is 296 g/mol. The van der Waals surface area contributed by atoms with Gasteiger partial charge in [-0.25, -0.2) is 4.79 Å². The van der Waals surface area contributed by atoms with Crippen molar-refractivity contribution in [1.82, 2.24) is 0 Å². The fraction of sp³-hybridized carbons (Fsp3) is 0.0714. The molecule has 18 heavy (non-hydrogen) atoms. The number of phenols is 1. The fourth-order valence-corrected chi connectivity index (χ4v) is 2.48. The van der Waals surface area contributed by atoms with Crippen molar-refractivity contribution in [2.45, 2.75) is 6.10 Å². The summed E-state index contributed by atoms with van der Waals surface area (Å²) in [6, 6.07) is 12.4. The lowest BCUT2D eigenvalue weighted by atomic mass is 9.99. The maximum atomic E-state index is 11.7. The predicted molar refractivity (Wildman–Crippen MR) is 69.5 cm³/mol. The Hall–Kier alpha value is -1.81. The monoisotopic (exact) mass is 304 g/mol. The SMILES string of the molecule is O=C1OC(c2ccc(O)c(Br)c2)c2ccccc21. The van der Waals surface area contributed by atoms with Crippen molar-refractivity contribution in [3.05, 3.63) is 63.6 Å². The average Bonchev–Trinajstić information content (AvgIpc) is 2.71. The summed E-state index contributed by atoms with van der Waals surface area (Å²) in [4.78, 5) is 11.7. The van der Waals surface area contributed by atoms with E-state index in [2.05, 4.69) is 15.9 Å². The van der Waals surface area contributed by atoms with E-state index >= 15 is 0 Å². The molecular formula is C14H9BrO3. The standard InChI is InChI=1S/C14H9BrO3/c15-11-7-8(5-6-12(11)16)13-9-3-1-2-4-10(9)14(17)18-13/h1-7,13,16H. The van der Waals surface area contributed by atoms with Crippen LogP contribution in [0.4, 0.5) is 0 Å². The van der Waals surface area contributed by atoms with Crippen LogP contribution in [-0.2, 0) is 4.74 Å². The summed E-state index contributed by atoms with van der Waals surface area (Å²) >= 11 is 3.26. The minimum atomic E-state index is -0.398. The lowest BCUT2D eigenvalue weighted by Gasteiger charge is -2.11. The second kappa shape index (κ2) is 4.14. The first-order valence-electron chi connectivity index (χ1n) is 5.45. The molecule has 0 saturated heterocycles. The highest BCUT2D eigenvalue weighted by Gasteiger charge is 2.31. The molecule has 0 saturated carbocycles. The van der Waals surface area contributed by atoms with E-state index in [9.17, 15) is 9.90 Å².